The maximum atomic E-state index is 12.1. The van der Waals surface area contributed by atoms with Gasteiger partial charge in [-0.3, -0.25) is 4.79 Å². The van der Waals surface area contributed by atoms with Crippen molar-refractivity contribution in [2.75, 3.05) is 33.8 Å². The van der Waals surface area contributed by atoms with Gasteiger partial charge in [-0.05, 0) is 51.2 Å². The van der Waals surface area contributed by atoms with E-state index in [-0.39, 0.29) is 11.9 Å². The standard InChI is InChI=1S/C17H27N3O2/c1-20(2)10-11-22-15-7-5-6-14(12-15)13-19-17(21)16-8-3-4-9-18-16/h5-7,12,16,18H,3-4,8-11,13H2,1-2H3,(H,19,21). The summed E-state index contributed by atoms with van der Waals surface area (Å²) in [7, 11) is 4.04. The number of carbonyl (C=O) groups is 1. The Morgan fingerprint density at radius 1 is 1.41 bits per heavy atom. The molecule has 2 rings (SSSR count). The second kappa shape index (κ2) is 8.76. The van der Waals surface area contributed by atoms with E-state index in [0.717, 1.165) is 43.7 Å². The van der Waals surface area contributed by atoms with E-state index in [9.17, 15) is 4.79 Å². The van der Waals surface area contributed by atoms with Crippen LogP contribution in [0.5, 0.6) is 5.75 Å². The van der Waals surface area contributed by atoms with E-state index < -0.39 is 0 Å². The Bertz CT molecular complexity index is 471. The van der Waals surface area contributed by atoms with E-state index in [0.29, 0.717) is 13.2 Å². The van der Waals surface area contributed by atoms with Gasteiger partial charge in [-0.2, -0.15) is 0 Å². The Morgan fingerprint density at radius 2 is 2.27 bits per heavy atom. The van der Waals surface area contributed by atoms with Crippen LogP contribution in [0.25, 0.3) is 0 Å². The SMILES string of the molecule is CN(C)CCOc1cccc(CNC(=O)C2CCCCN2)c1. The minimum atomic E-state index is -0.0340. The lowest BCUT2D eigenvalue weighted by Crippen LogP contribution is -2.46. The van der Waals surface area contributed by atoms with Crippen LogP contribution in [-0.2, 0) is 11.3 Å². The number of hydrogen-bond donors (Lipinski definition) is 2. The molecule has 1 aromatic rings. The van der Waals surface area contributed by atoms with Crippen molar-refractivity contribution < 1.29 is 9.53 Å². The van der Waals surface area contributed by atoms with Gasteiger partial charge >= 0.3 is 0 Å². The molecule has 1 aliphatic heterocycles. The molecule has 22 heavy (non-hydrogen) atoms. The Labute approximate surface area is 133 Å². The first-order chi connectivity index (χ1) is 10.6. The van der Waals surface area contributed by atoms with Crippen LogP contribution in [0.1, 0.15) is 24.8 Å². The number of likely N-dealkylation sites (N-methyl/N-ethyl adjacent to an activating group) is 1. The Kier molecular flexibility index (Phi) is 6.68. The van der Waals surface area contributed by atoms with Crippen molar-refractivity contribution >= 4 is 5.91 Å². The normalized spacial score (nSPS) is 18.2. The van der Waals surface area contributed by atoms with Gasteiger partial charge in [0.2, 0.25) is 5.91 Å². The van der Waals surface area contributed by atoms with Crippen molar-refractivity contribution in [3.63, 3.8) is 0 Å². The number of piperidine rings is 1. The molecule has 1 atom stereocenters. The van der Waals surface area contributed by atoms with Crippen molar-refractivity contribution in [1.29, 1.82) is 0 Å². The largest absolute Gasteiger partial charge is 0.492 e. The van der Waals surface area contributed by atoms with E-state index >= 15 is 0 Å². The van der Waals surface area contributed by atoms with Crippen molar-refractivity contribution in [2.24, 2.45) is 0 Å². The fourth-order valence-corrected chi connectivity index (χ4v) is 2.48. The van der Waals surface area contributed by atoms with Gasteiger partial charge in [-0.1, -0.05) is 18.6 Å². The van der Waals surface area contributed by atoms with Gasteiger partial charge in [0.1, 0.15) is 12.4 Å². The summed E-state index contributed by atoms with van der Waals surface area (Å²) in [5.41, 5.74) is 1.06. The molecule has 0 saturated carbocycles. The maximum Gasteiger partial charge on any atom is 0.237 e. The lowest BCUT2D eigenvalue weighted by atomic mass is 10.0. The zero-order valence-corrected chi connectivity index (χ0v) is 13.6. The first-order valence-corrected chi connectivity index (χ1v) is 8.03. The van der Waals surface area contributed by atoms with Gasteiger partial charge in [0, 0.05) is 13.1 Å². The van der Waals surface area contributed by atoms with E-state index in [1.54, 1.807) is 0 Å². The molecule has 0 spiro atoms. The number of carbonyl (C=O) groups excluding carboxylic acids is 1. The van der Waals surface area contributed by atoms with E-state index in [4.69, 9.17) is 4.74 Å². The molecule has 1 aromatic carbocycles. The number of ether oxygens (including phenoxy) is 1. The zero-order valence-electron chi connectivity index (χ0n) is 13.6. The smallest absolute Gasteiger partial charge is 0.237 e. The maximum absolute atomic E-state index is 12.1. The Balaban J connectivity index is 1.78. The Hall–Kier alpha value is -1.59. The molecule has 1 fully saturated rings. The number of amides is 1. The van der Waals surface area contributed by atoms with Crippen LogP contribution in [0.2, 0.25) is 0 Å². The van der Waals surface area contributed by atoms with E-state index in [1.807, 2.05) is 38.4 Å². The fourth-order valence-electron chi connectivity index (χ4n) is 2.48. The third-order valence-electron chi connectivity index (χ3n) is 3.80. The number of rotatable bonds is 7. The molecule has 1 saturated heterocycles. The molecule has 0 radical (unpaired) electrons. The average molecular weight is 305 g/mol. The van der Waals surface area contributed by atoms with Crippen LogP contribution in [0, 0.1) is 0 Å². The highest BCUT2D eigenvalue weighted by atomic mass is 16.5. The van der Waals surface area contributed by atoms with Crippen LogP contribution < -0.4 is 15.4 Å². The predicted molar refractivity (Wildman–Crippen MR) is 88.0 cm³/mol. The summed E-state index contributed by atoms with van der Waals surface area (Å²) in [6, 6.07) is 7.88. The summed E-state index contributed by atoms with van der Waals surface area (Å²) in [5, 5.41) is 6.27. The second-order valence-corrected chi connectivity index (χ2v) is 6.02. The topological polar surface area (TPSA) is 53.6 Å². The minimum absolute atomic E-state index is 0.0340. The summed E-state index contributed by atoms with van der Waals surface area (Å²) in [5.74, 6) is 0.947. The van der Waals surface area contributed by atoms with Crippen molar-refractivity contribution in [1.82, 2.24) is 15.5 Å². The first kappa shape index (κ1) is 16.8. The van der Waals surface area contributed by atoms with E-state index in [2.05, 4.69) is 15.5 Å². The fraction of sp³-hybridized carbons (Fsp3) is 0.588. The van der Waals surface area contributed by atoms with Gasteiger partial charge in [0.05, 0.1) is 6.04 Å². The van der Waals surface area contributed by atoms with E-state index in [1.165, 1.54) is 0 Å². The molecule has 1 amide bonds. The number of benzene rings is 1. The highest BCUT2D eigenvalue weighted by Gasteiger charge is 2.19. The molecule has 122 valence electrons. The van der Waals surface area contributed by atoms with Crippen LogP contribution in [-0.4, -0.2) is 50.6 Å². The van der Waals surface area contributed by atoms with Crippen molar-refractivity contribution in [2.45, 2.75) is 31.8 Å². The lowest BCUT2D eigenvalue weighted by molar-refractivity contribution is -0.123. The number of hydrogen-bond acceptors (Lipinski definition) is 4. The first-order valence-electron chi connectivity index (χ1n) is 8.03. The van der Waals surface area contributed by atoms with Gasteiger partial charge in [0.25, 0.3) is 0 Å². The number of nitrogens with one attached hydrogen (secondary N) is 2. The van der Waals surface area contributed by atoms with Gasteiger partial charge in [-0.25, -0.2) is 0 Å². The summed E-state index contributed by atoms with van der Waals surface area (Å²) >= 11 is 0. The molecule has 5 nitrogen and oxygen atoms in total. The molecule has 0 aliphatic carbocycles. The van der Waals surface area contributed by atoms with Gasteiger partial charge in [0.15, 0.2) is 0 Å². The third-order valence-corrected chi connectivity index (χ3v) is 3.80. The highest BCUT2D eigenvalue weighted by Crippen LogP contribution is 2.13. The van der Waals surface area contributed by atoms with Gasteiger partial charge < -0.3 is 20.3 Å². The molecule has 2 N–H and O–H groups in total. The van der Waals surface area contributed by atoms with Crippen LogP contribution in [0.4, 0.5) is 0 Å². The summed E-state index contributed by atoms with van der Waals surface area (Å²) in [4.78, 5) is 14.2. The van der Waals surface area contributed by atoms with Crippen LogP contribution in [0.15, 0.2) is 24.3 Å². The molecule has 5 heteroatoms. The summed E-state index contributed by atoms with van der Waals surface area (Å²) < 4.78 is 5.71. The second-order valence-electron chi connectivity index (χ2n) is 6.02. The summed E-state index contributed by atoms with van der Waals surface area (Å²) in [6.07, 6.45) is 3.22. The number of nitrogens with zero attached hydrogens (tertiary/aromatic N) is 1. The monoisotopic (exact) mass is 305 g/mol. The van der Waals surface area contributed by atoms with Crippen molar-refractivity contribution in [3.05, 3.63) is 29.8 Å². The molecular formula is C17H27N3O2. The zero-order chi connectivity index (χ0) is 15.8. The minimum Gasteiger partial charge on any atom is -0.492 e. The van der Waals surface area contributed by atoms with Gasteiger partial charge in [-0.15, -0.1) is 0 Å². The molecule has 0 bridgehead atoms. The van der Waals surface area contributed by atoms with Crippen LogP contribution in [0.3, 0.4) is 0 Å². The molecule has 1 heterocycles. The quantitative estimate of drug-likeness (QED) is 0.799. The molecule has 1 unspecified atom stereocenters. The summed E-state index contributed by atoms with van der Waals surface area (Å²) in [6.45, 7) is 3.03. The molecule has 0 aromatic heterocycles. The van der Waals surface area contributed by atoms with Crippen molar-refractivity contribution in [3.8, 4) is 5.75 Å². The Morgan fingerprint density at radius 3 is 3.00 bits per heavy atom. The molecular weight excluding hydrogens is 278 g/mol. The highest BCUT2D eigenvalue weighted by molar-refractivity contribution is 5.81. The predicted octanol–water partition coefficient (Wildman–Crippen LogP) is 1.39. The lowest BCUT2D eigenvalue weighted by Gasteiger charge is -2.22. The molecule has 1 aliphatic rings. The average Bonchev–Trinajstić information content (AvgIpc) is 2.53. The van der Waals surface area contributed by atoms with Crippen LogP contribution >= 0.6 is 0 Å². The third kappa shape index (κ3) is 5.66.